The maximum Gasteiger partial charge on any atom is 0.127 e. The zero-order chi connectivity index (χ0) is 12.0. The molecule has 1 heterocycles. The SMILES string of the molecule is CCN1CCN(CC(C=O)(CC)CC)CC1. The molecule has 16 heavy (non-hydrogen) atoms. The van der Waals surface area contributed by atoms with Gasteiger partial charge in [0.25, 0.3) is 0 Å². The molecule has 94 valence electrons. The highest BCUT2D eigenvalue weighted by atomic mass is 16.1. The summed E-state index contributed by atoms with van der Waals surface area (Å²) < 4.78 is 0. The summed E-state index contributed by atoms with van der Waals surface area (Å²) in [5.74, 6) is 0. The Kier molecular flexibility index (Phi) is 5.42. The Bertz CT molecular complexity index is 206. The number of hydrogen-bond acceptors (Lipinski definition) is 3. The van der Waals surface area contributed by atoms with E-state index in [0.29, 0.717) is 0 Å². The Morgan fingerprint density at radius 1 is 1.00 bits per heavy atom. The van der Waals surface area contributed by atoms with Crippen LogP contribution in [0.1, 0.15) is 33.6 Å². The molecule has 1 aliphatic rings. The van der Waals surface area contributed by atoms with Gasteiger partial charge < -0.3 is 9.69 Å². The second kappa shape index (κ2) is 6.36. The second-order valence-corrected chi connectivity index (χ2v) is 4.90. The maximum atomic E-state index is 11.2. The van der Waals surface area contributed by atoms with E-state index < -0.39 is 0 Å². The van der Waals surface area contributed by atoms with Gasteiger partial charge in [-0.3, -0.25) is 4.90 Å². The van der Waals surface area contributed by atoms with Gasteiger partial charge in [-0.1, -0.05) is 20.8 Å². The van der Waals surface area contributed by atoms with Gasteiger partial charge in [0.2, 0.25) is 0 Å². The third kappa shape index (κ3) is 3.29. The third-order valence-electron chi connectivity index (χ3n) is 4.11. The molecule has 0 spiro atoms. The van der Waals surface area contributed by atoms with Crippen LogP contribution < -0.4 is 0 Å². The molecule has 0 unspecified atom stereocenters. The fourth-order valence-electron chi connectivity index (χ4n) is 2.39. The lowest BCUT2D eigenvalue weighted by Crippen LogP contribution is -2.49. The highest BCUT2D eigenvalue weighted by molar-refractivity contribution is 5.59. The van der Waals surface area contributed by atoms with Gasteiger partial charge in [0, 0.05) is 38.1 Å². The molecular weight excluding hydrogens is 200 g/mol. The minimum absolute atomic E-state index is 0.103. The summed E-state index contributed by atoms with van der Waals surface area (Å²) >= 11 is 0. The minimum atomic E-state index is -0.103. The van der Waals surface area contributed by atoms with E-state index in [1.807, 2.05) is 0 Å². The molecule has 0 radical (unpaired) electrons. The summed E-state index contributed by atoms with van der Waals surface area (Å²) in [4.78, 5) is 16.2. The molecule has 0 N–H and O–H groups in total. The molecule has 0 aromatic carbocycles. The van der Waals surface area contributed by atoms with Gasteiger partial charge in [0.1, 0.15) is 6.29 Å². The van der Waals surface area contributed by atoms with Crippen LogP contribution in [0.2, 0.25) is 0 Å². The van der Waals surface area contributed by atoms with Crippen LogP contribution in [0.3, 0.4) is 0 Å². The number of hydrogen-bond donors (Lipinski definition) is 0. The molecule has 0 saturated carbocycles. The van der Waals surface area contributed by atoms with Crippen molar-refractivity contribution in [1.82, 2.24) is 9.80 Å². The minimum Gasteiger partial charge on any atom is -0.303 e. The van der Waals surface area contributed by atoms with Crippen molar-refractivity contribution < 1.29 is 4.79 Å². The first-order valence-corrected chi connectivity index (χ1v) is 6.60. The molecule has 3 nitrogen and oxygen atoms in total. The van der Waals surface area contributed by atoms with E-state index in [-0.39, 0.29) is 5.41 Å². The molecular formula is C13H26N2O. The van der Waals surface area contributed by atoms with Crippen molar-refractivity contribution in [1.29, 1.82) is 0 Å². The van der Waals surface area contributed by atoms with Gasteiger partial charge in [-0.15, -0.1) is 0 Å². The molecule has 1 aliphatic heterocycles. The van der Waals surface area contributed by atoms with Crippen molar-refractivity contribution in [2.45, 2.75) is 33.6 Å². The molecule has 0 amide bonds. The molecule has 1 rings (SSSR count). The van der Waals surface area contributed by atoms with Crippen LogP contribution >= 0.6 is 0 Å². The van der Waals surface area contributed by atoms with Crippen molar-refractivity contribution in [2.24, 2.45) is 5.41 Å². The summed E-state index contributed by atoms with van der Waals surface area (Å²) in [6.07, 6.45) is 3.10. The molecule has 3 heteroatoms. The lowest BCUT2D eigenvalue weighted by atomic mass is 9.83. The lowest BCUT2D eigenvalue weighted by molar-refractivity contribution is -0.118. The van der Waals surface area contributed by atoms with Crippen LogP contribution in [-0.4, -0.2) is 55.4 Å². The summed E-state index contributed by atoms with van der Waals surface area (Å²) in [7, 11) is 0. The smallest absolute Gasteiger partial charge is 0.127 e. The topological polar surface area (TPSA) is 23.6 Å². The average molecular weight is 226 g/mol. The molecule has 0 atom stereocenters. The Labute approximate surface area is 99.8 Å². The predicted octanol–water partition coefficient (Wildman–Crippen LogP) is 1.63. The highest BCUT2D eigenvalue weighted by Crippen LogP contribution is 2.25. The highest BCUT2D eigenvalue weighted by Gasteiger charge is 2.29. The zero-order valence-electron chi connectivity index (χ0n) is 11.0. The molecule has 1 fully saturated rings. The number of rotatable bonds is 6. The number of carbonyl (C=O) groups excluding carboxylic acids is 1. The molecule has 0 bridgehead atoms. The van der Waals surface area contributed by atoms with Crippen molar-refractivity contribution in [3.05, 3.63) is 0 Å². The second-order valence-electron chi connectivity index (χ2n) is 4.90. The monoisotopic (exact) mass is 226 g/mol. The van der Waals surface area contributed by atoms with Crippen LogP contribution in [0.5, 0.6) is 0 Å². The maximum absolute atomic E-state index is 11.2. The quantitative estimate of drug-likeness (QED) is 0.643. The number of nitrogens with zero attached hydrogens (tertiary/aromatic N) is 2. The first kappa shape index (κ1) is 13.7. The van der Waals surface area contributed by atoms with Gasteiger partial charge in [0.15, 0.2) is 0 Å². The van der Waals surface area contributed by atoms with Gasteiger partial charge in [-0.2, -0.15) is 0 Å². The largest absolute Gasteiger partial charge is 0.303 e. The van der Waals surface area contributed by atoms with Crippen LogP contribution in [0.4, 0.5) is 0 Å². The fraction of sp³-hybridized carbons (Fsp3) is 0.923. The van der Waals surface area contributed by atoms with Crippen LogP contribution in [0, 0.1) is 5.41 Å². The summed E-state index contributed by atoms with van der Waals surface area (Å²) in [6, 6.07) is 0. The van der Waals surface area contributed by atoms with E-state index in [0.717, 1.165) is 52.1 Å². The number of aldehydes is 1. The Balaban J connectivity index is 2.45. The zero-order valence-corrected chi connectivity index (χ0v) is 11.0. The fourth-order valence-corrected chi connectivity index (χ4v) is 2.39. The van der Waals surface area contributed by atoms with Gasteiger partial charge in [0.05, 0.1) is 0 Å². The lowest BCUT2D eigenvalue weighted by Gasteiger charge is -2.38. The van der Waals surface area contributed by atoms with Crippen LogP contribution in [0.15, 0.2) is 0 Å². The number of carbonyl (C=O) groups is 1. The number of piperazine rings is 1. The summed E-state index contributed by atoms with van der Waals surface area (Å²) in [5.41, 5.74) is -0.103. The first-order valence-electron chi connectivity index (χ1n) is 6.60. The standard InChI is InChI=1S/C13H26N2O/c1-4-13(5-2,12-16)11-15-9-7-14(6-3)8-10-15/h12H,4-11H2,1-3H3. The molecule has 0 aromatic heterocycles. The van der Waals surface area contributed by atoms with Gasteiger partial charge in [-0.25, -0.2) is 0 Å². The van der Waals surface area contributed by atoms with Crippen molar-refractivity contribution in [3.63, 3.8) is 0 Å². The Morgan fingerprint density at radius 3 is 1.88 bits per heavy atom. The van der Waals surface area contributed by atoms with Crippen molar-refractivity contribution in [2.75, 3.05) is 39.3 Å². The Hall–Kier alpha value is -0.410. The third-order valence-corrected chi connectivity index (χ3v) is 4.11. The van der Waals surface area contributed by atoms with Gasteiger partial charge in [-0.05, 0) is 19.4 Å². The van der Waals surface area contributed by atoms with E-state index >= 15 is 0 Å². The molecule has 0 aromatic rings. The van der Waals surface area contributed by atoms with Gasteiger partial charge >= 0.3 is 0 Å². The average Bonchev–Trinajstić information content (AvgIpc) is 2.37. The van der Waals surface area contributed by atoms with E-state index in [4.69, 9.17) is 0 Å². The van der Waals surface area contributed by atoms with Crippen LogP contribution in [0.25, 0.3) is 0 Å². The first-order chi connectivity index (χ1) is 7.69. The molecule has 1 saturated heterocycles. The molecule has 0 aliphatic carbocycles. The Morgan fingerprint density at radius 2 is 1.50 bits per heavy atom. The summed E-state index contributed by atoms with van der Waals surface area (Å²) in [5, 5.41) is 0. The predicted molar refractivity (Wildman–Crippen MR) is 67.6 cm³/mol. The number of likely N-dealkylation sites (N-methyl/N-ethyl adjacent to an activating group) is 1. The summed E-state index contributed by atoms with van der Waals surface area (Å²) in [6.45, 7) is 13.1. The van der Waals surface area contributed by atoms with E-state index in [2.05, 4.69) is 30.6 Å². The normalized spacial score (nSPS) is 19.9. The van der Waals surface area contributed by atoms with E-state index in [9.17, 15) is 4.79 Å². The van der Waals surface area contributed by atoms with Crippen molar-refractivity contribution >= 4 is 6.29 Å². The van der Waals surface area contributed by atoms with Crippen molar-refractivity contribution in [3.8, 4) is 0 Å². The van der Waals surface area contributed by atoms with E-state index in [1.54, 1.807) is 0 Å². The van der Waals surface area contributed by atoms with Crippen LogP contribution in [-0.2, 0) is 4.79 Å². The van der Waals surface area contributed by atoms with E-state index in [1.165, 1.54) is 6.29 Å².